The molecule has 0 saturated carbocycles. The molecule has 3 aliphatic rings. The first-order valence-corrected chi connectivity index (χ1v) is 11.0. The molecule has 0 aromatic heterocycles. The monoisotopic (exact) mass is 473 g/mol. The lowest BCUT2D eigenvalue weighted by Crippen LogP contribution is -2.35. The highest BCUT2D eigenvalue weighted by Gasteiger charge is 2.39. The third-order valence-corrected chi connectivity index (χ3v) is 6.62. The Morgan fingerprint density at radius 3 is 2.21 bits per heavy atom. The fourth-order valence-corrected chi connectivity index (χ4v) is 4.92. The smallest absolute Gasteiger partial charge is 0.335 e. The Morgan fingerprint density at radius 1 is 0.824 bits per heavy atom. The van der Waals surface area contributed by atoms with Gasteiger partial charge in [0.2, 0.25) is 0 Å². The quantitative estimate of drug-likeness (QED) is 0.410. The second kappa shape index (κ2) is 8.22. The molecule has 2 unspecified atom stereocenters. The zero-order valence-corrected chi connectivity index (χ0v) is 18.0. The number of anilines is 1. The van der Waals surface area contributed by atoms with Crippen molar-refractivity contribution in [1.29, 1.82) is 0 Å². The van der Waals surface area contributed by atoms with Crippen LogP contribution in [0.3, 0.4) is 0 Å². The first-order valence-electron chi connectivity index (χ1n) is 11.0. The lowest BCUT2D eigenvalue weighted by Gasteiger charge is -2.36. The molecule has 0 radical (unpaired) electrons. The van der Waals surface area contributed by atoms with Crippen molar-refractivity contribution < 1.29 is 26.3 Å². The minimum Gasteiger partial charge on any atom is -0.335 e. The molecule has 0 fully saturated rings. The molecule has 0 saturated heterocycles. The van der Waals surface area contributed by atoms with E-state index in [-0.39, 0.29) is 12.5 Å². The van der Waals surface area contributed by atoms with Crippen molar-refractivity contribution in [2.75, 3.05) is 4.90 Å². The van der Waals surface area contributed by atoms with E-state index in [2.05, 4.69) is 12.1 Å². The Kier molecular flexibility index (Phi) is 5.46. The summed E-state index contributed by atoms with van der Waals surface area (Å²) in [5, 5.41) is 0. The van der Waals surface area contributed by atoms with E-state index in [4.69, 9.17) is 0 Å². The molecule has 2 atom stereocenters. The number of rotatable bonds is 3. The average Bonchev–Trinajstić information content (AvgIpc) is 3.17. The highest BCUT2D eigenvalue weighted by Crippen LogP contribution is 2.42. The van der Waals surface area contributed by atoms with E-state index in [1.54, 1.807) is 0 Å². The summed E-state index contributed by atoms with van der Waals surface area (Å²) in [6.45, 7) is 0. The van der Waals surface area contributed by atoms with Crippen molar-refractivity contribution in [3.05, 3.63) is 107 Å². The molecular weight excluding hydrogens is 452 g/mol. The molecular formula is C27H21F6N. The van der Waals surface area contributed by atoms with Crippen LogP contribution in [0.25, 0.3) is 5.57 Å². The van der Waals surface area contributed by atoms with E-state index < -0.39 is 23.8 Å². The molecule has 7 heteroatoms. The summed E-state index contributed by atoms with van der Waals surface area (Å²) in [6, 6.07) is 12.7. The molecule has 0 N–H and O–H groups in total. The van der Waals surface area contributed by atoms with E-state index >= 15 is 0 Å². The van der Waals surface area contributed by atoms with Crippen LogP contribution in [0, 0.1) is 5.92 Å². The highest BCUT2D eigenvalue weighted by molar-refractivity contribution is 5.84. The average molecular weight is 473 g/mol. The van der Waals surface area contributed by atoms with Gasteiger partial charge in [-0.05, 0) is 66.3 Å². The molecule has 5 rings (SSSR count). The number of hydrogen-bond acceptors (Lipinski definition) is 1. The molecule has 34 heavy (non-hydrogen) atoms. The van der Waals surface area contributed by atoms with Crippen LogP contribution in [-0.4, -0.2) is 12.2 Å². The Labute approximate surface area is 193 Å². The largest absolute Gasteiger partial charge is 0.416 e. The minimum atomic E-state index is -4.46. The van der Waals surface area contributed by atoms with Crippen LogP contribution in [0.1, 0.15) is 29.5 Å². The molecule has 0 amide bonds. The van der Waals surface area contributed by atoms with Crippen LogP contribution in [0.15, 0.2) is 90.2 Å². The van der Waals surface area contributed by atoms with Crippen molar-refractivity contribution in [2.45, 2.75) is 37.7 Å². The van der Waals surface area contributed by atoms with Crippen LogP contribution in [0.5, 0.6) is 0 Å². The first kappa shape index (κ1) is 22.6. The standard InChI is InChI=1S/C27H21F6N/c28-26(29,30)19-5-9-21(10-6-19)34(22-11-7-20(8-12-22)27(31,32)33)23-13-14-25-18(16-23)15-17-3-1-2-4-24(17)25/h1-7,9-14,20,23H,8,15-16H2. The normalized spacial score (nSPS) is 21.9. The van der Waals surface area contributed by atoms with Gasteiger partial charge in [0.05, 0.1) is 17.5 Å². The van der Waals surface area contributed by atoms with Crippen LogP contribution in [-0.2, 0) is 12.6 Å². The maximum absolute atomic E-state index is 13.2. The minimum absolute atomic E-state index is 0.206. The zero-order chi connectivity index (χ0) is 24.1. The van der Waals surface area contributed by atoms with Crippen LogP contribution in [0.4, 0.5) is 32.0 Å². The molecule has 0 heterocycles. The lowest BCUT2D eigenvalue weighted by molar-refractivity contribution is -0.160. The summed E-state index contributed by atoms with van der Waals surface area (Å²) >= 11 is 0. The lowest BCUT2D eigenvalue weighted by atomic mass is 9.91. The summed E-state index contributed by atoms with van der Waals surface area (Å²) < 4.78 is 78.8. The second-order valence-electron chi connectivity index (χ2n) is 8.77. The molecule has 176 valence electrons. The molecule has 2 aromatic carbocycles. The predicted octanol–water partition coefficient (Wildman–Crippen LogP) is 7.87. The summed E-state index contributed by atoms with van der Waals surface area (Å²) in [5.74, 6) is -1.56. The van der Waals surface area contributed by atoms with Gasteiger partial charge in [-0.2, -0.15) is 26.3 Å². The second-order valence-corrected chi connectivity index (χ2v) is 8.77. The summed E-state index contributed by atoms with van der Waals surface area (Å²) in [7, 11) is 0. The Bertz CT molecular complexity index is 1210. The topological polar surface area (TPSA) is 3.24 Å². The predicted molar refractivity (Wildman–Crippen MR) is 120 cm³/mol. The first-order chi connectivity index (χ1) is 16.1. The van der Waals surface area contributed by atoms with Crippen LogP contribution in [0.2, 0.25) is 0 Å². The fraction of sp³-hybridized carbons (Fsp3) is 0.259. The van der Waals surface area contributed by atoms with Crippen molar-refractivity contribution in [2.24, 2.45) is 5.92 Å². The molecule has 0 bridgehead atoms. The SMILES string of the molecule is FC(F)(F)c1ccc(N(C2=CCC(C(F)(F)F)C=C2)C2C=CC3=C(Cc4ccccc43)C2)cc1. The van der Waals surface area contributed by atoms with Gasteiger partial charge >= 0.3 is 12.4 Å². The Balaban J connectivity index is 1.47. The van der Waals surface area contributed by atoms with Gasteiger partial charge < -0.3 is 4.90 Å². The van der Waals surface area contributed by atoms with E-state index in [0.29, 0.717) is 17.8 Å². The van der Waals surface area contributed by atoms with Gasteiger partial charge in [0, 0.05) is 11.4 Å². The number of hydrogen-bond donors (Lipinski definition) is 0. The molecule has 2 aromatic rings. The van der Waals surface area contributed by atoms with Crippen molar-refractivity contribution in [1.82, 2.24) is 0 Å². The van der Waals surface area contributed by atoms with Gasteiger partial charge in [0.1, 0.15) is 0 Å². The highest BCUT2D eigenvalue weighted by atomic mass is 19.4. The van der Waals surface area contributed by atoms with Crippen molar-refractivity contribution >= 4 is 11.3 Å². The molecule has 3 aliphatic carbocycles. The number of benzene rings is 2. The van der Waals surface area contributed by atoms with Gasteiger partial charge in [-0.3, -0.25) is 0 Å². The maximum Gasteiger partial charge on any atom is 0.416 e. The molecule has 1 nitrogen and oxygen atoms in total. The van der Waals surface area contributed by atoms with Gasteiger partial charge in [-0.25, -0.2) is 0 Å². The number of fused-ring (bicyclic) bond motifs is 2. The van der Waals surface area contributed by atoms with E-state index in [1.165, 1.54) is 41.0 Å². The summed E-state index contributed by atoms with van der Waals surface area (Å²) in [5.41, 5.74) is 5.07. The number of allylic oxidation sites excluding steroid dienone is 5. The molecule has 0 spiro atoms. The Hall–Kier alpha value is -3.22. The third kappa shape index (κ3) is 4.19. The van der Waals surface area contributed by atoms with Gasteiger partial charge in [0.25, 0.3) is 0 Å². The van der Waals surface area contributed by atoms with E-state index in [0.717, 1.165) is 30.2 Å². The summed E-state index contributed by atoms with van der Waals surface area (Å²) in [4.78, 5) is 1.84. The van der Waals surface area contributed by atoms with Gasteiger partial charge in [-0.15, -0.1) is 0 Å². The maximum atomic E-state index is 13.2. The van der Waals surface area contributed by atoms with Crippen molar-refractivity contribution in [3.63, 3.8) is 0 Å². The number of halogens is 6. The summed E-state index contributed by atoms with van der Waals surface area (Å²) in [6.07, 6.45) is 0.523. The third-order valence-electron chi connectivity index (χ3n) is 6.62. The molecule has 0 aliphatic heterocycles. The number of alkyl halides is 6. The van der Waals surface area contributed by atoms with Crippen LogP contribution >= 0.6 is 0 Å². The van der Waals surface area contributed by atoms with Gasteiger partial charge in [-0.1, -0.05) is 54.1 Å². The van der Waals surface area contributed by atoms with Crippen LogP contribution < -0.4 is 4.90 Å². The van der Waals surface area contributed by atoms with Crippen molar-refractivity contribution in [3.8, 4) is 0 Å². The Morgan fingerprint density at radius 2 is 1.56 bits per heavy atom. The van der Waals surface area contributed by atoms with E-state index in [9.17, 15) is 26.3 Å². The number of nitrogens with zero attached hydrogens (tertiary/aromatic N) is 1. The van der Waals surface area contributed by atoms with E-state index in [1.807, 2.05) is 29.2 Å². The zero-order valence-electron chi connectivity index (χ0n) is 18.0. The van der Waals surface area contributed by atoms with Gasteiger partial charge in [0.15, 0.2) is 0 Å². The fourth-order valence-electron chi connectivity index (χ4n) is 4.92.